The number of rotatable bonds is 3. The second kappa shape index (κ2) is 6.32. The molecule has 1 heterocycles. The van der Waals surface area contributed by atoms with E-state index in [1.165, 1.54) is 12.4 Å². The van der Waals surface area contributed by atoms with Crippen LogP contribution >= 0.6 is 11.6 Å². The maximum Gasteiger partial charge on any atom is 0.258 e. The largest absolute Gasteiger partial charge is 0.350 e. The fraction of sp³-hybridized carbons (Fsp3) is 0.312. The van der Waals surface area contributed by atoms with Crippen molar-refractivity contribution in [3.8, 4) is 0 Å². The van der Waals surface area contributed by atoms with E-state index in [9.17, 15) is 4.79 Å². The molecular formula is C16H19ClN4O. The third kappa shape index (κ3) is 4.43. The minimum absolute atomic E-state index is 0.135. The van der Waals surface area contributed by atoms with Crippen molar-refractivity contribution in [2.45, 2.75) is 33.2 Å². The molecule has 2 aromatic rings. The lowest BCUT2D eigenvalue weighted by molar-refractivity contribution is 0.102. The van der Waals surface area contributed by atoms with Crippen LogP contribution in [-0.4, -0.2) is 21.4 Å². The van der Waals surface area contributed by atoms with Crippen molar-refractivity contribution in [3.05, 3.63) is 46.7 Å². The van der Waals surface area contributed by atoms with E-state index >= 15 is 0 Å². The predicted octanol–water partition coefficient (Wildman–Crippen LogP) is 3.90. The first-order valence-corrected chi connectivity index (χ1v) is 7.30. The molecule has 0 saturated heterocycles. The van der Waals surface area contributed by atoms with Crippen LogP contribution in [0.5, 0.6) is 0 Å². The zero-order valence-corrected chi connectivity index (χ0v) is 13.8. The van der Waals surface area contributed by atoms with Gasteiger partial charge in [0.2, 0.25) is 5.95 Å². The van der Waals surface area contributed by atoms with E-state index in [4.69, 9.17) is 11.6 Å². The van der Waals surface area contributed by atoms with Crippen LogP contribution in [0, 0.1) is 6.92 Å². The Kier molecular flexibility index (Phi) is 4.66. The van der Waals surface area contributed by atoms with Gasteiger partial charge in [-0.05, 0) is 51.5 Å². The van der Waals surface area contributed by atoms with Gasteiger partial charge in [-0.2, -0.15) is 0 Å². The molecule has 0 saturated carbocycles. The highest BCUT2D eigenvalue weighted by Gasteiger charge is 2.13. The van der Waals surface area contributed by atoms with Gasteiger partial charge in [0.1, 0.15) is 0 Å². The van der Waals surface area contributed by atoms with E-state index < -0.39 is 0 Å². The second-order valence-corrected chi connectivity index (χ2v) is 6.52. The number of halogens is 1. The summed E-state index contributed by atoms with van der Waals surface area (Å²) >= 11 is 5.90. The molecule has 0 bridgehead atoms. The summed E-state index contributed by atoms with van der Waals surface area (Å²) in [6, 6.07) is 5.30. The molecule has 0 spiro atoms. The van der Waals surface area contributed by atoms with Crippen molar-refractivity contribution in [1.29, 1.82) is 0 Å². The number of nitrogens with zero attached hydrogens (tertiary/aromatic N) is 2. The molecule has 0 unspecified atom stereocenters. The van der Waals surface area contributed by atoms with E-state index in [1.54, 1.807) is 18.2 Å². The summed E-state index contributed by atoms with van der Waals surface area (Å²) in [5, 5.41) is 6.60. The standard InChI is InChI=1S/C16H19ClN4O/c1-10-7-12(17)5-6-13(10)20-14(22)11-8-18-15(19-9-11)21-16(2,3)4/h5-9H,1-4H3,(H,20,22)(H,18,19,21). The molecule has 0 aliphatic rings. The number of aromatic nitrogens is 2. The Morgan fingerprint density at radius 1 is 1.18 bits per heavy atom. The monoisotopic (exact) mass is 318 g/mol. The highest BCUT2D eigenvalue weighted by molar-refractivity contribution is 6.30. The van der Waals surface area contributed by atoms with Crippen LogP contribution in [0.1, 0.15) is 36.7 Å². The van der Waals surface area contributed by atoms with Crippen molar-refractivity contribution >= 4 is 29.1 Å². The van der Waals surface area contributed by atoms with Crippen LogP contribution in [-0.2, 0) is 0 Å². The summed E-state index contributed by atoms with van der Waals surface area (Å²) < 4.78 is 0. The number of benzene rings is 1. The number of carbonyl (C=O) groups excluding carboxylic acids is 1. The maximum atomic E-state index is 12.2. The molecule has 1 aromatic carbocycles. The van der Waals surface area contributed by atoms with Gasteiger partial charge in [-0.25, -0.2) is 9.97 Å². The van der Waals surface area contributed by atoms with Crippen LogP contribution in [0.2, 0.25) is 5.02 Å². The topological polar surface area (TPSA) is 66.9 Å². The lowest BCUT2D eigenvalue weighted by atomic mass is 10.1. The number of nitrogens with one attached hydrogen (secondary N) is 2. The van der Waals surface area contributed by atoms with Gasteiger partial charge in [0.05, 0.1) is 5.56 Å². The third-order valence-corrected chi connectivity index (χ3v) is 3.07. The zero-order chi connectivity index (χ0) is 16.3. The molecule has 0 aliphatic carbocycles. The fourth-order valence-electron chi connectivity index (χ4n) is 1.81. The first-order chi connectivity index (χ1) is 10.2. The first-order valence-electron chi connectivity index (χ1n) is 6.92. The second-order valence-electron chi connectivity index (χ2n) is 6.08. The van der Waals surface area contributed by atoms with Crippen LogP contribution < -0.4 is 10.6 Å². The summed E-state index contributed by atoms with van der Waals surface area (Å²) in [5.74, 6) is 0.236. The summed E-state index contributed by atoms with van der Waals surface area (Å²) in [6.07, 6.45) is 3.00. The third-order valence-electron chi connectivity index (χ3n) is 2.84. The number of amides is 1. The molecule has 2 rings (SSSR count). The number of aryl methyl sites for hydroxylation is 1. The van der Waals surface area contributed by atoms with Crippen molar-refractivity contribution < 1.29 is 4.79 Å². The number of carbonyl (C=O) groups is 1. The molecule has 1 aromatic heterocycles. The summed E-state index contributed by atoms with van der Waals surface area (Å²) in [6.45, 7) is 7.93. The minimum Gasteiger partial charge on any atom is -0.350 e. The van der Waals surface area contributed by atoms with E-state index in [1.807, 2.05) is 27.7 Å². The van der Waals surface area contributed by atoms with Crippen molar-refractivity contribution in [2.24, 2.45) is 0 Å². The Hall–Kier alpha value is -2.14. The van der Waals surface area contributed by atoms with Crippen LogP contribution in [0.4, 0.5) is 11.6 Å². The van der Waals surface area contributed by atoms with E-state index in [0.29, 0.717) is 22.2 Å². The predicted molar refractivity (Wildman–Crippen MR) is 89.5 cm³/mol. The normalized spacial score (nSPS) is 11.1. The van der Waals surface area contributed by atoms with Gasteiger partial charge < -0.3 is 10.6 Å². The summed E-state index contributed by atoms with van der Waals surface area (Å²) in [4.78, 5) is 20.5. The molecule has 2 N–H and O–H groups in total. The molecule has 0 aliphatic heterocycles. The van der Waals surface area contributed by atoms with Gasteiger partial charge in [0.15, 0.2) is 0 Å². The van der Waals surface area contributed by atoms with E-state index in [2.05, 4.69) is 20.6 Å². The lowest BCUT2D eigenvalue weighted by Gasteiger charge is -2.20. The van der Waals surface area contributed by atoms with Crippen LogP contribution in [0.3, 0.4) is 0 Å². The van der Waals surface area contributed by atoms with Gasteiger partial charge in [-0.1, -0.05) is 11.6 Å². The van der Waals surface area contributed by atoms with Gasteiger partial charge in [0.25, 0.3) is 5.91 Å². The molecule has 1 amide bonds. The molecular weight excluding hydrogens is 300 g/mol. The Morgan fingerprint density at radius 2 is 1.82 bits per heavy atom. The van der Waals surface area contributed by atoms with Crippen molar-refractivity contribution in [3.63, 3.8) is 0 Å². The smallest absolute Gasteiger partial charge is 0.258 e. The lowest BCUT2D eigenvalue weighted by Crippen LogP contribution is -2.27. The maximum absolute atomic E-state index is 12.2. The fourth-order valence-corrected chi connectivity index (χ4v) is 2.03. The van der Waals surface area contributed by atoms with Crippen LogP contribution in [0.15, 0.2) is 30.6 Å². The Balaban J connectivity index is 2.10. The number of hydrogen-bond donors (Lipinski definition) is 2. The minimum atomic E-state index is -0.257. The zero-order valence-electron chi connectivity index (χ0n) is 13.1. The molecule has 0 atom stereocenters. The quantitative estimate of drug-likeness (QED) is 0.900. The van der Waals surface area contributed by atoms with Gasteiger partial charge in [-0.3, -0.25) is 4.79 Å². The van der Waals surface area contributed by atoms with E-state index in [0.717, 1.165) is 5.56 Å². The molecule has 116 valence electrons. The Bertz CT molecular complexity index is 678. The highest BCUT2D eigenvalue weighted by Crippen LogP contribution is 2.20. The van der Waals surface area contributed by atoms with E-state index in [-0.39, 0.29) is 11.4 Å². The van der Waals surface area contributed by atoms with Gasteiger partial charge >= 0.3 is 0 Å². The SMILES string of the molecule is Cc1cc(Cl)ccc1NC(=O)c1cnc(NC(C)(C)C)nc1. The van der Waals surface area contributed by atoms with Crippen molar-refractivity contribution in [2.75, 3.05) is 10.6 Å². The Labute approximate surface area is 135 Å². The number of hydrogen-bond acceptors (Lipinski definition) is 4. The molecule has 0 fully saturated rings. The average molecular weight is 319 g/mol. The number of anilines is 2. The van der Waals surface area contributed by atoms with Gasteiger partial charge in [0, 0.05) is 28.6 Å². The summed E-state index contributed by atoms with van der Waals surface area (Å²) in [5.41, 5.74) is 1.87. The molecule has 0 radical (unpaired) electrons. The molecule has 6 heteroatoms. The molecule has 22 heavy (non-hydrogen) atoms. The molecule has 5 nitrogen and oxygen atoms in total. The van der Waals surface area contributed by atoms with Crippen LogP contribution in [0.25, 0.3) is 0 Å². The summed E-state index contributed by atoms with van der Waals surface area (Å²) in [7, 11) is 0. The Morgan fingerprint density at radius 3 is 2.36 bits per heavy atom. The van der Waals surface area contributed by atoms with Crippen molar-refractivity contribution in [1.82, 2.24) is 9.97 Å². The highest BCUT2D eigenvalue weighted by atomic mass is 35.5. The average Bonchev–Trinajstić information content (AvgIpc) is 2.41. The first kappa shape index (κ1) is 16.2. The van der Waals surface area contributed by atoms with Gasteiger partial charge in [-0.15, -0.1) is 0 Å².